The molecule has 0 radical (unpaired) electrons. The largest absolute Gasteiger partial charge is 0.495 e. The summed E-state index contributed by atoms with van der Waals surface area (Å²) in [6.07, 6.45) is 3.57. The minimum atomic E-state index is -0.492. The van der Waals surface area contributed by atoms with E-state index in [0.29, 0.717) is 18.0 Å². The zero-order valence-electron chi connectivity index (χ0n) is 22.0. The van der Waals surface area contributed by atoms with E-state index in [1.807, 2.05) is 61.7 Å². The van der Waals surface area contributed by atoms with Crippen LogP contribution in [0.1, 0.15) is 37.1 Å². The summed E-state index contributed by atoms with van der Waals surface area (Å²) in [5.41, 5.74) is 3.78. The molecule has 0 aliphatic carbocycles. The lowest BCUT2D eigenvalue weighted by Gasteiger charge is -2.39. The van der Waals surface area contributed by atoms with Crippen molar-refractivity contribution in [3.63, 3.8) is 0 Å². The Bertz CT molecular complexity index is 1470. The topological polar surface area (TPSA) is 66.8 Å². The maximum absolute atomic E-state index is 14.2. The number of fused-ring (bicyclic) bond motifs is 3. The molecule has 0 spiro atoms. The molecule has 7 nitrogen and oxygen atoms in total. The Labute approximate surface area is 227 Å². The minimum Gasteiger partial charge on any atom is -0.495 e. The molecule has 1 unspecified atom stereocenters. The van der Waals surface area contributed by atoms with Crippen molar-refractivity contribution in [1.29, 1.82) is 0 Å². The van der Waals surface area contributed by atoms with Crippen LogP contribution < -0.4 is 15.0 Å². The van der Waals surface area contributed by atoms with Crippen molar-refractivity contribution < 1.29 is 18.7 Å². The average molecular weight is 527 g/mol. The molecule has 2 heterocycles. The summed E-state index contributed by atoms with van der Waals surface area (Å²) in [6, 6.07) is 24.1. The quantitative estimate of drug-likeness (QED) is 0.289. The van der Waals surface area contributed by atoms with Crippen molar-refractivity contribution in [3.8, 4) is 11.4 Å². The lowest BCUT2D eigenvalue weighted by molar-refractivity contribution is -0.119. The predicted molar refractivity (Wildman–Crippen MR) is 150 cm³/mol. The molecular weight excluding hydrogens is 495 g/mol. The minimum absolute atomic E-state index is 0.131. The molecule has 200 valence electrons. The first-order chi connectivity index (χ1) is 19.0. The average Bonchev–Trinajstić information content (AvgIpc) is 3.45. The number of para-hydroxylation sites is 4. The van der Waals surface area contributed by atoms with Gasteiger partial charge in [-0.25, -0.2) is 9.18 Å². The van der Waals surface area contributed by atoms with E-state index in [2.05, 4.69) is 9.88 Å². The number of nitrogens with zero attached hydrogens (tertiary/aromatic N) is 3. The highest BCUT2D eigenvalue weighted by atomic mass is 19.1. The van der Waals surface area contributed by atoms with Gasteiger partial charge in [-0.1, -0.05) is 49.7 Å². The maximum atomic E-state index is 14.2. The van der Waals surface area contributed by atoms with E-state index in [0.717, 1.165) is 35.5 Å². The number of amides is 3. The third kappa shape index (κ3) is 5.23. The Balaban J connectivity index is 1.50. The van der Waals surface area contributed by atoms with E-state index < -0.39 is 6.04 Å². The summed E-state index contributed by atoms with van der Waals surface area (Å²) in [5, 5.41) is 2.90. The summed E-state index contributed by atoms with van der Waals surface area (Å²) >= 11 is 0. The number of hydrogen-bond donors (Lipinski definition) is 1. The molecule has 3 aromatic carbocycles. The summed E-state index contributed by atoms with van der Waals surface area (Å²) in [4.78, 5) is 30.9. The van der Waals surface area contributed by atoms with Crippen molar-refractivity contribution in [2.75, 3.05) is 30.4 Å². The van der Waals surface area contributed by atoms with E-state index in [4.69, 9.17) is 4.74 Å². The summed E-state index contributed by atoms with van der Waals surface area (Å²) in [6.45, 7) is 2.32. The maximum Gasteiger partial charge on any atom is 0.322 e. The van der Waals surface area contributed by atoms with Gasteiger partial charge >= 0.3 is 6.03 Å². The van der Waals surface area contributed by atoms with Crippen LogP contribution in [0.3, 0.4) is 0 Å². The second-order valence-corrected chi connectivity index (χ2v) is 9.42. The van der Waals surface area contributed by atoms with Crippen LogP contribution in [0.4, 0.5) is 20.6 Å². The number of anilines is 2. The monoisotopic (exact) mass is 526 g/mol. The molecule has 0 fully saturated rings. The summed E-state index contributed by atoms with van der Waals surface area (Å²) in [7, 11) is 1.54. The van der Waals surface area contributed by atoms with E-state index in [1.165, 1.54) is 17.0 Å². The van der Waals surface area contributed by atoms with Crippen molar-refractivity contribution in [1.82, 2.24) is 9.47 Å². The zero-order chi connectivity index (χ0) is 27.4. The first-order valence-corrected chi connectivity index (χ1v) is 13.0. The molecule has 0 bridgehead atoms. The lowest BCUT2D eigenvalue weighted by atomic mass is 9.97. The number of methoxy groups -OCH3 is 1. The number of ether oxygens (including phenoxy) is 1. The van der Waals surface area contributed by atoms with Crippen LogP contribution in [0, 0.1) is 5.82 Å². The molecule has 0 saturated carbocycles. The fourth-order valence-corrected chi connectivity index (χ4v) is 5.01. The Hall–Kier alpha value is -4.59. The predicted octanol–water partition coefficient (Wildman–Crippen LogP) is 6.40. The van der Waals surface area contributed by atoms with Crippen molar-refractivity contribution >= 4 is 23.3 Å². The summed E-state index contributed by atoms with van der Waals surface area (Å²) < 4.78 is 21.3. The number of hydrogen-bond acceptors (Lipinski definition) is 3. The van der Waals surface area contributed by atoms with Crippen molar-refractivity contribution in [3.05, 3.63) is 108 Å². The normalized spacial score (nSPS) is 13.8. The molecule has 0 saturated heterocycles. The highest BCUT2D eigenvalue weighted by Gasteiger charge is 2.37. The standard InChI is InChI=1S/C31H31FN4O3/c1-3-4-19-34(31(38)33-24-10-5-8-14-28(24)39-2)21-29(37)36-26-12-7-6-11-25(26)35-20-9-13-27(35)30(36)22-15-17-23(32)18-16-22/h5-18,20,30H,3-4,19,21H2,1-2H3,(H,33,38). The smallest absolute Gasteiger partial charge is 0.322 e. The number of carbonyl (C=O) groups excluding carboxylic acids is 2. The van der Waals surface area contributed by atoms with E-state index in [1.54, 1.807) is 36.3 Å². The van der Waals surface area contributed by atoms with Crippen LogP contribution >= 0.6 is 0 Å². The highest BCUT2D eigenvalue weighted by Crippen LogP contribution is 2.42. The lowest BCUT2D eigenvalue weighted by Crippen LogP contribution is -2.48. The van der Waals surface area contributed by atoms with Gasteiger partial charge in [-0.3, -0.25) is 9.69 Å². The van der Waals surface area contributed by atoms with Gasteiger partial charge in [-0.15, -0.1) is 0 Å². The van der Waals surface area contributed by atoms with Gasteiger partial charge in [-0.2, -0.15) is 0 Å². The van der Waals surface area contributed by atoms with E-state index in [9.17, 15) is 14.0 Å². The van der Waals surface area contributed by atoms with Gasteiger partial charge in [0.15, 0.2) is 0 Å². The van der Waals surface area contributed by atoms with Crippen LogP contribution in [0.15, 0.2) is 91.1 Å². The number of rotatable bonds is 8. The fraction of sp³-hybridized carbons (Fsp3) is 0.226. The molecule has 1 N–H and O–H groups in total. The molecular formula is C31H31FN4O3. The molecule has 4 aromatic rings. The second-order valence-electron chi connectivity index (χ2n) is 9.42. The number of halogens is 1. The van der Waals surface area contributed by atoms with Gasteiger partial charge in [-0.05, 0) is 60.5 Å². The third-order valence-electron chi connectivity index (χ3n) is 6.92. The Kier molecular flexibility index (Phi) is 7.63. The number of carbonyl (C=O) groups is 2. The highest BCUT2D eigenvalue weighted by molar-refractivity contribution is 6.01. The van der Waals surface area contributed by atoms with Gasteiger partial charge in [0.05, 0.1) is 29.9 Å². The molecule has 8 heteroatoms. The molecule has 39 heavy (non-hydrogen) atoms. The van der Waals surface area contributed by atoms with Crippen molar-refractivity contribution in [2.24, 2.45) is 0 Å². The fourth-order valence-electron chi connectivity index (χ4n) is 5.01. The number of urea groups is 1. The summed E-state index contributed by atoms with van der Waals surface area (Å²) in [5.74, 6) is -0.0489. The van der Waals surface area contributed by atoms with Crippen LogP contribution in [0.2, 0.25) is 0 Å². The number of unbranched alkanes of at least 4 members (excludes halogenated alkanes) is 1. The molecule has 1 aromatic heterocycles. The van der Waals surface area contributed by atoms with Gasteiger partial charge in [0.25, 0.3) is 0 Å². The molecule has 3 amide bonds. The van der Waals surface area contributed by atoms with Crippen LogP contribution in [0.25, 0.3) is 5.69 Å². The van der Waals surface area contributed by atoms with Gasteiger partial charge in [0, 0.05) is 12.7 Å². The number of benzene rings is 3. The van der Waals surface area contributed by atoms with Gasteiger partial charge in [0.2, 0.25) is 5.91 Å². The SMILES string of the molecule is CCCCN(CC(=O)N1c2ccccc2-n2cccc2C1c1ccc(F)cc1)C(=O)Nc1ccccc1OC. The van der Waals surface area contributed by atoms with Gasteiger partial charge < -0.3 is 19.5 Å². The van der Waals surface area contributed by atoms with E-state index in [-0.39, 0.29) is 24.3 Å². The van der Waals surface area contributed by atoms with Crippen LogP contribution in [-0.2, 0) is 4.79 Å². The second kappa shape index (κ2) is 11.4. The van der Waals surface area contributed by atoms with Gasteiger partial charge in [0.1, 0.15) is 24.2 Å². The molecule has 1 atom stereocenters. The number of aromatic nitrogens is 1. The van der Waals surface area contributed by atoms with Crippen LogP contribution in [-0.4, -0.2) is 41.6 Å². The zero-order valence-corrected chi connectivity index (χ0v) is 22.0. The van der Waals surface area contributed by atoms with Crippen LogP contribution in [0.5, 0.6) is 5.75 Å². The number of nitrogens with one attached hydrogen (secondary N) is 1. The third-order valence-corrected chi connectivity index (χ3v) is 6.92. The van der Waals surface area contributed by atoms with Crippen molar-refractivity contribution in [2.45, 2.75) is 25.8 Å². The Morgan fingerprint density at radius 2 is 1.67 bits per heavy atom. The Morgan fingerprint density at radius 1 is 0.949 bits per heavy atom. The molecule has 1 aliphatic rings. The Morgan fingerprint density at radius 3 is 2.41 bits per heavy atom. The van der Waals surface area contributed by atoms with E-state index >= 15 is 0 Å². The first-order valence-electron chi connectivity index (χ1n) is 13.0. The first kappa shape index (κ1) is 26.0. The molecule has 5 rings (SSSR count). The molecule has 1 aliphatic heterocycles.